The fourth-order valence-corrected chi connectivity index (χ4v) is 2.47. The molecule has 0 spiro atoms. The van der Waals surface area contributed by atoms with E-state index in [1.807, 2.05) is 30.3 Å². The largest absolute Gasteiger partial charge is 0.497 e. The van der Waals surface area contributed by atoms with Gasteiger partial charge in [-0.15, -0.1) is 0 Å². The Bertz CT molecular complexity index is 1090. The lowest BCUT2D eigenvalue weighted by molar-refractivity contribution is 0.415. The average molecular weight is 305 g/mol. The zero-order valence-electron chi connectivity index (χ0n) is 12.1. The summed E-state index contributed by atoms with van der Waals surface area (Å²) in [4.78, 5) is 8.44. The maximum Gasteiger partial charge on any atom is 0.157 e. The molecule has 1 aromatic carbocycles. The molecule has 112 valence electrons. The van der Waals surface area contributed by atoms with Crippen molar-refractivity contribution in [3.05, 3.63) is 42.4 Å². The van der Waals surface area contributed by atoms with Gasteiger partial charge in [0.25, 0.3) is 0 Å². The monoisotopic (exact) mass is 305 g/mol. The second kappa shape index (κ2) is 4.74. The van der Waals surface area contributed by atoms with E-state index in [2.05, 4.69) is 9.97 Å². The Morgan fingerprint density at radius 2 is 2.17 bits per heavy atom. The van der Waals surface area contributed by atoms with Gasteiger partial charge >= 0.3 is 0 Å². The summed E-state index contributed by atoms with van der Waals surface area (Å²) >= 11 is 0. The summed E-state index contributed by atoms with van der Waals surface area (Å²) in [5, 5.41) is 9.82. The van der Waals surface area contributed by atoms with Gasteiger partial charge in [0.2, 0.25) is 0 Å². The molecule has 0 saturated heterocycles. The number of rotatable bonds is 2. The van der Waals surface area contributed by atoms with E-state index in [9.17, 15) is 0 Å². The number of imidazole rings is 1. The predicted octanol–water partition coefficient (Wildman–Crippen LogP) is 2.60. The molecule has 0 radical (unpaired) electrons. The van der Waals surface area contributed by atoms with Crippen LogP contribution in [-0.2, 0) is 0 Å². The highest BCUT2D eigenvalue weighted by molar-refractivity contribution is 5.85. The van der Waals surface area contributed by atoms with E-state index >= 15 is 0 Å². The van der Waals surface area contributed by atoms with Gasteiger partial charge in [0.15, 0.2) is 5.76 Å². The molecule has 7 nitrogen and oxygen atoms in total. The first kappa shape index (κ1) is 13.2. The Labute approximate surface area is 130 Å². The molecule has 0 unspecified atom stereocenters. The molecule has 0 fully saturated rings. The molecule has 0 aliphatic heterocycles. The SMILES string of the molecule is COc1ccc2oc(-c3nc4cc(C#N)ncn4c3N)cc2c1. The molecule has 0 aliphatic rings. The Balaban J connectivity index is 1.91. The van der Waals surface area contributed by atoms with Crippen molar-refractivity contribution in [1.29, 1.82) is 5.26 Å². The molecule has 0 atom stereocenters. The Hall–Kier alpha value is -3.53. The van der Waals surface area contributed by atoms with Crippen molar-refractivity contribution in [2.45, 2.75) is 0 Å². The first-order chi connectivity index (χ1) is 11.2. The summed E-state index contributed by atoms with van der Waals surface area (Å²) < 4.78 is 12.6. The van der Waals surface area contributed by atoms with Crippen LogP contribution in [0.25, 0.3) is 28.1 Å². The summed E-state index contributed by atoms with van der Waals surface area (Å²) in [6.45, 7) is 0. The van der Waals surface area contributed by atoms with Gasteiger partial charge < -0.3 is 14.9 Å². The maximum atomic E-state index is 8.92. The number of furan rings is 1. The number of methoxy groups -OCH3 is 1. The van der Waals surface area contributed by atoms with Gasteiger partial charge in [0.05, 0.1) is 7.11 Å². The van der Waals surface area contributed by atoms with Crippen LogP contribution >= 0.6 is 0 Å². The second-order valence-electron chi connectivity index (χ2n) is 4.97. The summed E-state index contributed by atoms with van der Waals surface area (Å²) in [7, 11) is 1.61. The van der Waals surface area contributed by atoms with Crippen LogP contribution < -0.4 is 10.5 Å². The van der Waals surface area contributed by atoms with Crippen LogP contribution in [0.1, 0.15) is 5.69 Å². The van der Waals surface area contributed by atoms with Gasteiger partial charge in [-0.2, -0.15) is 5.26 Å². The summed E-state index contributed by atoms with van der Waals surface area (Å²) in [5.74, 6) is 1.70. The second-order valence-corrected chi connectivity index (χ2v) is 4.97. The predicted molar refractivity (Wildman–Crippen MR) is 83.9 cm³/mol. The molecular formula is C16H11N5O2. The molecular weight excluding hydrogens is 294 g/mol. The minimum atomic E-state index is 0.281. The van der Waals surface area contributed by atoms with Gasteiger partial charge in [0.1, 0.15) is 46.6 Å². The molecule has 0 saturated carbocycles. The third kappa shape index (κ3) is 1.97. The lowest BCUT2D eigenvalue weighted by Crippen LogP contribution is -1.95. The Kier molecular flexibility index (Phi) is 2.71. The molecule has 0 bridgehead atoms. The lowest BCUT2D eigenvalue weighted by atomic mass is 10.2. The molecule has 4 rings (SSSR count). The van der Waals surface area contributed by atoms with Gasteiger partial charge in [-0.05, 0) is 24.3 Å². The average Bonchev–Trinajstić information content (AvgIpc) is 3.14. The lowest BCUT2D eigenvalue weighted by Gasteiger charge is -1.96. The van der Waals surface area contributed by atoms with E-state index < -0.39 is 0 Å². The highest BCUT2D eigenvalue weighted by atomic mass is 16.5. The van der Waals surface area contributed by atoms with Crippen molar-refractivity contribution in [2.24, 2.45) is 0 Å². The number of nitriles is 1. The van der Waals surface area contributed by atoms with E-state index in [1.165, 1.54) is 6.33 Å². The van der Waals surface area contributed by atoms with Crippen molar-refractivity contribution in [3.63, 3.8) is 0 Å². The summed E-state index contributed by atoms with van der Waals surface area (Å²) in [6.07, 6.45) is 1.48. The van der Waals surface area contributed by atoms with Crippen molar-refractivity contribution < 1.29 is 9.15 Å². The number of aromatic nitrogens is 3. The highest BCUT2D eigenvalue weighted by Gasteiger charge is 2.16. The van der Waals surface area contributed by atoms with E-state index in [1.54, 1.807) is 17.6 Å². The summed E-state index contributed by atoms with van der Waals surface area (Å²) in [5.41, 5.74) is 8.18. The van der Waals surface area contributed by atoms with Crippen molar-refractivity contribution in [1.82, 2.24) is 14.4 Å². The zero-order chi connectivity index (χ0) is 16.0. The number of ether oxygens (including phenoxy) is 1. The summed E-state index contributed by atoms with van der Waals surface area (Å²) in [6, 6.07) is 10.9. The maximum absolute atomic E-state index is 8.92. The van der Waals surface area contributed by atoms with Gasteiger partial charge in [0, 0.05) is 11.5 Å². The van der Waals surface area contributed by atoms with Crippen LogP contribution in [0.15, 0.2) is 41.1 Å². The van der Waals surface area contributed by atoms with Crippen molar-refractivity contribution in [2.75, 3.05) is 12.8 Å². The van der Waals surface area contributed by atoms with Gasteiger partial charge in [-0.3, -0.25) is 4.40 Å². The molecule has 23 heavy (non-hydrogen) atoms. The number of anilines is 1. The van der Waals surface area contributed by atoms with Crippen LogP contribution in [-0.4, -0.2) is 21.5 Å². The van der Waals surface area contributed by atoms with Crippen molar-refractivity contribution in [3.8, 4) is 23.3 Å². The number of hydrogen-bond acceptors (Lipinski definition) is 6. The van der Waals surface area contributed by atoms with Crippen LogP contribution in [0.4, 0.5) is 5.82 Å². The van der Waals surface area contributed by atoms with Crippen molar-refractivity contribution >= 4 is 22.4 Å². The minimum Gasteiger partial charge on any atom is -0.497 e. The first-order valence-corrected chi connectivity index (χ1v) is 6.81. The molecule has 3 heterocycles. The third-order valence-corrected chi connectivity index (χ3v) is 3.62. The highest BCUT2D eigenvalue weighted by Crippen LogP contribution is 2.33. The molecule has 3 aromatic heterocycles. The number of nitrogens with zero attached hydrogens (tertiary/aromatic N) is 4. The standard InChI is InChI=1S/C16H11N5O2/c1-22-11-2-3-12-9(4-11)5-13(23-12)15-16(18)21-8-19-10(7-17)6-14(21)20-15/h2-6,8H,18H2,1H3. The number of benzene rings is 1. The molecule has 0 amide bonds. The van der Waals surface area contributed by atoms with Crippen LogP contribution in [0.5, 0.6) is 5.75 Å². The third-order valence-electron chi connectivity index (χ3n) is 3.62. The Morgan fingerprint density at radius 3 is 2.96 bits per heavy atom. The number of hydrogen-bond donors (Lipinski definition) is 1. The fraction of sp³-hybridized carbons (Fsp3) is 0.0625. The number of nitrogen functional groups attached to an aromatic ring is 1. The quantitative estimate of drug-likeness (QED) is 0.610. The smallest absolute Gasteiger partial charge is 0.157 e. The fourth-order valence-electron chi connectivity index (χ4n) is 2.47. The number of nitrogens with two attached hydrogens (primary N) is 1. The topological polar surface area (TPSA) is 102 Å². The minimum absolute atomic E-state index is 0.281. The van der Waals surface area contributed by atoms with Gasteiger partial charge in [-0.25, -0.2) is 9.97 Å². The normalized spacial score (nSPS) is 11.0. The van der Waals surface area contributed by atoms with Crippen LogP contribution in [0, 0.1) is 11.3 Å². The van der Waals surface area contributed by atoms with Crippen LogP contribution in [0.3, 0.4) is 0 Å². The van der Waals surface area contributed by atoms with Gasteiger partial charge in [-0.1, -0.05) is 0 Å². The zero-order valence-corrected chi connectivity index (χ0v) is 12.1. The number of fused-ring (bicyclic) bond motifs is 2. The van der Waals surface area contributed by atoms with E-state index in [0.717, 1.165) is 11.1 Å². The Morgan fingerprint density at radius 1 is 1.30 bits per heavy atom. The van der Waals surface area contributed by atoms with E-state index in [-0.39, 0.29) is 5.69 Å². The van der Waals surface area contributed by atoms with E-state index in [0.29, 0.717) is 28.5 Å². The first-order valence-electron chi connectivity index (χ1n) is 6.81. The molecule has 2 N–H and O–H groups in total. The van der Waals surface area contributed by atoms with E-state index in [4.69, 9.17) is 20.1 Å². The van der Waals surface area contributed by atoms with Crippen LogP contribution in [0.2, 0.25) is 0 Å². The molecule has 0 aliphatic carbocycles. The molecule has 4 aromatic rings. The molecule has 7 heteroatoms.